The summed E-state index contributed by atoms with van der Waals surface area (Å²) in [6.45, 7) is 1.49. The summed E-state index contributed by atoms with van der Waals surface area (Å²) in [7, 11) is 1.27. The maximum absolute atomic E-state index is 12.1. The Hall–Kier alpha value is -3.52. The van der Waals surface area contributed by atoms with Crippen molar-refractivity contribution in [1.29, 1.82) is 0 Å². The van der Waals surface area contributed by atoms with E-state index in [2.05, 4.69) is 15.0 Å². The Morgan fingerprint density at radius 3 is 2.34 bits per heavy atom. The number of amides is 1. The van der Waals surface area contributed by atoms with Crippen molar-refractivity contribution in [3.63, 3.8) is 0 Å². The first-order valence-corrected chi connectivity index (χ1v) is 9.52. The second-order valence-electron chi connectivity index (χ2n) is 6.03. The molecule has 0 bridgehead atoms. The van der Waals surface area contributed by atoms with Crippen molar-refractivity contribution in [1.82, 2.24) is 4.98 Å². The Bertz CT molecular complexity index is 1040. The molecule has 0 fully saturated rings. The normalized spacial score (nSPS) is 10.3. The number of rotatable bonds is 6. The number of esters is 2. The zero-order chi connectivity index (χ0) is 20.8. The fraction of sp³-hybridized carbons (Fsp3) is 0.143. The van der Waals surface area contributed by atoms with Crippen LogP contribution in [0.15, 0.2) is 53.9 Å². The van der Waals surface area contributed by atoms with Gasteiger partial charge in [0.05, 0.1) is 28.9 Å². The lowest BCUT2D eigenvalue weighted by Gasteiger charge is -2.08. The maximum atomic E-state index is 12.1. The number of hydrogen-bond donors (Lipinski definition) is 1. The minimum Gasteiger partial charge on any atom is -0.465 e. The van der Waals surface area contributed by atoms with Gasteiger partial charge in [0.25, 0.3) is 5.91 Å². The van der Waals surface area contributed by atoms with Crippen LogP contribution in [0.3, 0.4) is 0 Å². The van der Waals surface area contributed by atoms with E-state index >= 15 is 0 Å². The largest absolute Gasteiger partial charge is 0.465 e. The number of nitrogens with one attached hydrogen (secondary N) is 1. The summed E-state index contributed by atoms with van der Waals surface area (Å²) in [6.07, 6.45) is 0. The standard InChI is InChI=1S/C21H18N2O5S/c1-13-22-18(12-29-13)16-4-3-5-17(10-16)23-19(24)11-28-21(26)15-8-6-14(7-9-15)20(25)27-2/h3-10,12H,11H2,1-2H3,(H,23,24). The molecule has 0 aliphatic heterocycles. The van der Waals surface area contributed by atoms with E-state index in [0.29, 0.717) is 11.3 Å². The summed E-state index contributed by atoms with van der Waals surface area (Å²) in [5, 5.41) is 5.60. The molecule has 148 valence electrons. The zero-order valence-corrected chi connectivity index (χ0v) is 16.6. The van der Waals surface area contributed by atoms with Crippen molar-refractivity contribution in [3.8, 4) is 11.3 Å². The first-order chi connectivity index (χ1) is 14.0. The SMILES string of the molecule is COC(=O)c1ccc(C(=O)OCC(=O)Nc2cccc(-c3csc(C)n3)c2)cc1. The van der Waals surface area contributed by atoms with Crippen molar-refractivity contribution in [2.45, 2.75) is 6.92 Å². The Kier molecular flexibility index (Phi) is 6.36. The van der Waals surface area contributed by atoms with E-state index in [1.54, 1.807) is 23.5 Å². The number of hydrogen-bond acceptors (Lipinski definition) is 7. The van der Waals surface area contributed by atoms with Crippen LogP contribution in [0.4, 0.5) is 5.69 Å². The number of anilines is 1. The molecule has 7 nitrogen and oxygen atoms in total. The Morgan fingerprint density at radius 1 is 1.03 bits per heavy atom. The molecule has 1 amide bonds. The lowest BCUT2D eigenvalue weighted by Crippen LogP contribution is -2.21. The molecule has 3 aromatic rings. The average Bonchev–Trinajstić information content (AvgIpc) is 3.18. The predicted molar refractivity (Wildman–Crippen MR) is 109 cm³/mol. The van der Waals surface area contributed by atoms with Crippen molar-refractivity contribution >= 4 is 34.9 Å². The number of nitrogens with zero attached hydrogens (tertiary/aromatic N) is 1. The van der Waals surface area contributed by atoms with E-state index in [0.717, 1.165) is 16.3 Å². The van der Waals surface area contributed by atoms with E-state index in [9.17, 15) is 14.4 Å². The summed E-state index contributed by atoms with van der Waals surface area (Å²) >= 11 is 1.55. The summed E-state index contributed by atoms with van der Waals surface area (Å²) in [4.78, 5) is 40.0. The molecule has 0 saturated carbocycles. The predicted octanol–water partition coefficient (Wildman–Crippen LogP) is 3.70. The van der Waals surface area contributed by atoms with Gasteiger partial charge in [-0.2, -0.15) is 0 Å². The molecule has 0 aliphatic carbocycles. The molecule has 1 heterocycles. The first-order valence-electron chi connectivity index (χ1n) is 8.64. The van der Waals surface area contributed by atoms with Crippen LogP contribution in [0.5, 0.6) is 0 Å². The molecule has 0 saturated heterocycles. The van der Waals surface area contributed by atoms with Crippen LogP contribution in [0, 0.1) is 6.92 Å². The molecule has 3 rings (SSSR count). The molecule has 29 heavy (non-hydrogen) atoms. The molecule has 0 atom stereocenters. The molecule has 1 N–H and O–H groups in total. The molecule has 0 unspecified atom stereocenters. The van der Waals surface area contributed by atoms with Crippen LogP contribution in [0.2, 0.25) is 0 Å². The third kappa shape index (κ3) is 5.26. The maximum Gasteiger partial charge on any atom is 0.338 e. The minimum absolute atomic E-state index is 0.228. The average molecular weight is 410 g/mol. The highest BCUT2D eigenvalue weighted by atomic mass is 32.1. The van der Waals surface area contributed by atoms with E-state index in [4.69, 9.17) is 4.74 Å². The van der Waals surface area contributed by atoms with Gasteiger partial charge in [0, 0.05) is 16.6 Å². The second kappa shape index (κ2) is 9.11. The van der Waals surface area contributed by atoms with E-state index in [1.807, 2.05) is 24.4 Å². The lowest BCUT2D eigenvalue weighted by atomic mass is 10.1. The molecule has 1 aromatic heterocycles. The molecular formula is C21H18N2O5S. The summed E-state index contributed by atoms with van der Waals surface area (Å²) in [6, 6.07) is 13.0. The molecular weight excluding hydrogens is 392 g/mol. The van der Waals surface area contributed by atoms with Gasteiger partial charge in [-0.05, 0) is 43.3 Å². The number of benzene rings is 2. The van der Waals surface area contributed by atoms with Gasteiger partial charge in [-0.15, -0.1) is 11.3 Å². The third-order valence-corrected chi connectivity index (χ3v) is 4.71. The van der Waals surface area contributed by atoms with E-state index in [-0.39, 0.29) is 5.56 Å². The fourth-order valence-electron chi connectivity index (χ4n) is 2.52. The molecule has 0 aliphatic rings. The van der Waals surface area contributed by atoms with Gasteiger partial charge in [-0.25, -0.2) is 14.6 Å². The van der Waals surface area contributed by atoms with Gasteiger partial charge < -0.3 is 14.8 Å². The smallest absolute Gasteiger partial charge is 0.338 e. The third-order valence-electron chi connectivity index (χ3n) is 3.94. The van der Waals surface area contributed by atoms with Crippen molar-refractivity contribution in [3.05, 3.63) is 70.0 Å². The number of methoxy groups -OCH3 is 1. The van der Waals surface area contributed by atoms with Crippen LogP contribution in [0.25, 0.3) is 11.3 Å². The van der Waals surface area contributed by atoms with Crippen LogP contribution >= 0.6 is 11.3 Å². The second-order valence-corrected chi connectivity index (χ2v) is 7.09. The molecule has 2 aromatic carbocycles. The van der Waals surface area contributed by atoms with Crippen molar-refractivity contribution < 1.29 is 23.9 Å². The van der Waals surface area contributed by atoms with Gasteiger partial charge >= 0.3 is 11.9 Å². The van der Waals surface area contributed by atoms with Crippen molar-refractivity contribution in [2.75, 3.05) is 19.0 Å². The zero-order valence-electron chi connectivity index (χ0n) is 15.8. The number of carbonyl (C=O) groups excluding carboxylic acids is 3. The summed E-state index contributed by atoms with van der Waals surface area (Å²) in [5.41, 5.74) is 2.85. The Labute approximate surface area is 171 Å². The number of carbonyl (C=O) groups is 3. The minimum atomic E-state index is -0.664. The van der Waals surface area contributed by atoms with Crippen LogP contribution < -0.4 is 5.32 Å². The highest BCUT2D eigenvalue weighted by Crippen LogP contribution is 2.24. The fourth-order valence-corrected chi connectivity index (χ4v) is 3.15. The quantitative estimate of drug-likeness (QED) is 0.623. The monoisotopic (exact) mass is 410 g/mol. The number of aryl methyl sites for hydroxylation is 1. The van der Waals surface area contributed by atoms with Gasteiger partial charge in [0.15, 0.2) is 6.61 Å². The number of ether oxygens (including phenoxy) is 2. The number of thiazole rings is 1. The highest BCUT2D eigenvalue weighted by Gasteiger charge is 2.12. The summed E-state index contributed by atoms with van der Waals surface area (Å²) < 4.78 is 9.63. The molecule has 0 radical (unpaired) electrons. The van der Waals surface area contributed by atoms with Gasteiger partial charge in [-0.3, -0.25) is 4.79 Å². The molecule has 0 spiro atoms. The first kappa shape index (κ1) is 20.2. The topological polar surface area (TPSA) is 94.6 Å². The van der Waals surface area contributed by atoms with E-state index < -0.39 is 24.5 Å². The van der Waals surface area contributed by atoms with Gasteiger partial charge in [-0.1, -0.05) is 12.1 Å². The Balaban J connectivity index is 1.56. The number of aromatic nitrogens is 1. The highest BCUT2D eigenvalue weighted by molar-refractivity contribution is 7.09. The van der Waals surface area contributed by atoms with Crippen LogP contribution in [0.1, 0.15) is 25.7 Å². The van der Waals surface area contributed by atoms with Crippen LogP contribution in [-0.2, 0) is 14.3 Å². The summed E-state index contributed by atoms with van der Waals surface area (Å²) in [5.74, 6) is -1.63. The molecule has 8 heteroatoms. The van der Waals surface area contributed by atoms with E-state index in [1.165, 1.54) is 31.4 Å². The van der Waals surface area contributed by atoms with Gasteiger partial charge in [0.2, 0.25) is 0 Å². The van der Waals surface area contributed by atoms with Crippen molar-refractivity contribution in [2.24, 2.45) is 0 Å². The lowest BCUT2D eigenvalue weighted by molar-refractivity contribution is -0.119. The van der Waals surface area contributed by atoms with Crippen LogP contribution in [-0.4, -0.2) is 36.5 Å². The van der Waals surface area contributed by atoms with Gasteiger partial charge in [0.1, 0.15) is 0 Å². The Morgan fingerprint density at radius 2 is 1.72 bits per heavy atom.